The van der Waals surface area contributed by atoms with E-state index >= 15 is 0 Å². The first kappa shape index (κ1) is 18.0. The third-order valence-electron chi connectivity index (χ3n) is 4.66. The van der Waals surface area contributed by atoms with E-state index in [0.717, 1.165) is 22.3 Å². The van der Waals surface area contributed by atoms with Gasteiger partial charge in [-0.15, -0.1) is 0 Å². The second kappa shape index (κ2) is 7.23. The summed E-state index contributed by atoms with van der Waals surface area (Å²) in [6.07, 6.45) is 1.37. The molecule has 0 aromatic heterocycles. The molecule has 0 N–H and O–H groups in total. The standard InChI is InChI=1S/C22H22BrOP/c1-2-12-22(24)25(23,19-13-6-3-7-14-19,20-15-8-4-9-16-20)21-17-10-5-11-18-21/h3-11,13-18H,2,12H2,1H3. The molecule has 128 valence electrons. The fourth-order valence-corrected chi connectivity index (χ4v) is 10.7. The van der Waals surface area contributed by atoms with Crippen molar-refractivity contribution in [1.82, 2.24) is 0 Å². The fraction of sp³-hybridized carbons (Fsp3) is 0.136. The Morgan fingerprint density at radius 3 is 1.32 bits per heavy atom. The molecule has 0 bridgehead atoms. The first-order valence-corrected chi connectivity index (χ1v) is 12.8. The predicted molar refractivity (Wildman–Crippen MR) is 114 cm³/mol. The Bertz CT molecular complexity index is 748. The van der Waals surface area contributed by atoms with Gasteiger partial charge in [-0.2, -0.15) is 0 Å². The molecule has 0 radical (unpaired) electrons. The van der Waals surface area contributed by atoms with Gasteiger partial charge in [0.15, 0.2) is 0 Å². The Labute approximate surface area is 157 Å². The third-order valence-corrected chi connectivity index (χ3v) is 14.5. The number of hydrogen-bond donors (Lipinski definition) is 0. The molecule has 3 aromatic carbocycles. The molecule has 0 heterocycles. The van der Waals surface area contributed by atoms with Crippen LogP contribution in [0, 0.1) is 0 Å². The van der Waals surface area contributed by atoms with Crippen molar-refractivity contribution in [3.63, 3.8) is 0 Å². The van der Waals surface area contributed by atoms with Crippen LogP contribution in [0.4, 0.5) is 0 Å². The van der Waals surface area contributed by atoms with E-state index in [1.54, 1.807) is 0 Å². The average Bonchev–Trinajstić information content (AvgIpc) is 2.69. The van der Waals surface area contributed by atoms with E-state index in [1.165, 1.54) is 0 Å². The summed E-state index contributed by atoms with van der Waals surface area (Å²) in [4.78, 5) is 13.8. The Hall–Kier alpha value is -1.76. The van der Waals surface area contributed by atoms with Gasteiger partial charge in [0.1, 0.15) is 0 Å². The zero-order valence-corrected chi connectivity index (χ0v) is 16.8. The summed E-state index contributed by atoms with van der Waals surface area (Å²) in [6.45, 7) is 2.06. The van der Waals surface area contributed by atoms with Crippen molar-refractivity contribution < 1.29 is 4.79 Å². The van der Waals surface area contributed by atoms with Gasteiger partial charge in [-0.3, -0.25) is 0 Å². The Balaban J connectivity index is 2.47. The second-order valence-corrected chi connectivity index (χ2v) is 14.5. The number of carbonyl (C=O) groups is 1. The van der Waals surface area contributed by atoms with Gasteiger partial charge in [0.2, 0.25) is 0 Å². The van der Waals surface area contributed by atoms with E-state index in [4.69, 9.17) is 0 Å². The Kier molecular flexibility index (Phi) is 5.22. The molecule has 0 saturated carbocycles. The van der Waals surface area contributed by atoms with Gasteiger partial charge in [0.25, 0.3) is 0 Å². The molecule has 0 fully saturated rings. The molecule has 0 atom stereocenters. The molecule has 0 amide bonds. The van der Waals surface area contributed by atoms with E-state index in [9.17, 15) is 4.79 Å². The van der Waals surface area contributed by atoms with E-state index in [1.807, 2.05) is 54.6 Å². The monoisotopic (exact) mass is 412 g/mol. The molecular weight excluding hydrogens is 391 g/mol. The van der Waals surface area contributed by atoms with Crippen LogP contribution in [-0.4, -0.2) is 5.52 Å². The number of carbonyl (C=O) groups excluding carboxylic acids is 1. The molecule has 0 aliphatic rings. The summed E-state index contributed by atoms with van der Waals surface area (Å²) < 4.78 is 0. The van der Waals surface area contributed by atoms with Crippen molar-refractivity contribution in [2.24, 2.45) is 0 Å². The zero-order valence-electron chi connectivity index (χ0n) is 14.3. The number of benzene rings is 3. The molecule has 1 nitrogen and oxygen atoms in total. The fourth-order valence-electron chi connectivity index (χ4n) is 3.43. The van der Waals surface area contributed by atoms with Gasteiger partial charge in [-0.05, 0) is 0 Å². The van der Waals surface area contributed by atoms with E-state index in [2.05, 4.69) is 58.8 Å². The third kappa shape index (κ3) is 2.78. The van der Waals surface area contributed by atoms with E-state index in [-0.39, 0.29) is 5.52 Å². The number of halogens is 1. The van der Waals surface area contributed by atoms with Crippen molar-refractivity contribution in [3.05, 3.63) is 91.0 Å². The van der Waals surface area contributed by atoms with E-state index in [0.29, 0.717) is 6.42 Å². The van der Waals surface area contributed by atoms with Crippen LogP contribution < -0.4 is 15.9 Å². The molecule has 25 heavy (non-hydrogen) atoms. The first-order valence-electron chi connectivity index (χ1n) is 8.56. The van der Waals surface area contributed by atoms with Crippen LogP contribution in [0.3, 0.4) is 0 Å². The second-order valence-electron chi connectivity index (χ2n) is 6.16. The molecule has 0 aliphatic heterocycles. The predicted octanol–water partition coefficient (Wildman–Crippen LogP) is 5.15. The number of rotatable bonds is 6. The molecule has 3 rings (SSSR count). The minimum atomic E-state index is -3.39. The minimum absolute atomic E-state index is 0.275. The van der Waals surface area contributed by atoms with Crippen molar-refractivity contribution >= 4 is 42.2 Å². The van der Waals surface area contributed by atoms with Crippen molar-refractivity contribution in [2.75, 3.05) is 0 Å². The van der Waals surface area contributed by atoms with Gasteiger partial charge >= 0.3 is 158 Å². The summed E-state index contributed by atoms with van der Waals surface area (Å²) in [5.41, 5.74) is 0.275. The molecule has 0 spiro atoms. The Morgan fingerprint density at radius 1 is 0.720 bits per heavy atom. The Morgan fingerprint density at radius 2 is 1.04 bits per heavy atom. The molecule has 0 saturated heterocycles. The SMILES string of the molecule is CCCC(=O)P(Br)(c1ccccc1)(c1ccccc1)c1ccccc1. The maximum atomic E-state index is 13.8. The van der Waals surface area contributed by atoms with Crippen LogP contribution in [-0.2, 0) is 4.79 Å². The summed E-state index contributed by atoms with van der Waals surface area (Å²) >= 11 is 4.16. The molecule has 3 heteroatoms. The van der Waals surface area contributed by atoms with Crippen LogP contribution in [0.1, 0.15) is 19.8 Å². The molecule has 3 aromatic rings. The van der Waals surface area contributed by atoms with Crippen molar-refractivity contribution in [3.8, 4) is 0 Å². The van der Waals surface area contributed by atoms with Crippen LogP contribution in [0.2, 0.25) is 0 Å². The molecular formula is C22H22BrOP. The zero-order chi connectivity index (χ0) is 17.8. The first-order chi connectivity index (χ1) is 12.1. The topological polar surface area (TPSA) is 17.1 Å². The van der Waals surface area contributed by atoms with Crippen LogP contribution in [0.5, 0.6) is 0 Å². The van der Waals surface area contributed by atoms with Crippen molar-refractivity contribution in [2.45, 2.75) is 19.8 Å². The quantitative estimate of drug-likeness (QED) is 0.511. The average molecular weight is 413 g/mol. The van der Waals surface area contributed by atoms with E-state index < -0.39 is 5.31 Å². The summed E-state index contributed by atoms with van der Waals surface area (Å²) in [6, 6.07) is 30.6. The van der Waals surface area contributed by atoms with Gasteiger partial charge in [-0.1, -0.05) is 0 Å². The summed E-state index contributed by atoms with van der Waals surface area (Å²) in [5, 5.41) is -0.209. The molecule has 0 aliphatic carbocycles. The van der Waals surface area contributed by atoms with Crippen LogP contribution in [0.25, 0.3) is 0 Å². The van der Waals surface area contributed by atoms with Gasteiger partial charge in [0.05, 0.1) is 0 Å². The summed E-state index contributed by atoms with van der Waals surface area (Å²) in [5.74, 6) is 0. The van der Waals surface area contributed by atoms with Crippen molar-refractivity contribution in [1.29, 1.82) is 0 Å². The summed E-state index contributed by atoms with van der Waals surface area (Å²) in [7, 11) is 0. The van der Waals surface area contributed by atoms with Crippen LogP contribution >= 0.6 is 20.8 Å². The van der Waals surface area contributed by atoms with Crippen LogP contribution in [0.15, 0.2) is 91.0 Å². The number of hydrogen-bond acceptors (Lipinski definition) is 1. The van der Waals surface area contributed by atoms with Gasteiger partial charge < -0.3 is 0 Å². The maximum absolute atomic E-state index is 13.8. The van der Waals surface area contributed by atoms with Gasteiger partial charge in [0, 0.05) is 0 Å². The molecule has 0 unspecified atom stereocenters. The van der Waals surface area contributed by atoms with Gasteiger partial charge in [-0.25, -0.2) is 0 Å². The normalized spacial score (nSPS) is 13.0.